The van der Waals surface area contributed by atoms with E-state index in [2.05, 4.69) is 18.2 Å². The molecule has 1 aliphatic carbocycles. The molecule has 1 unspecified atom stereocenters. The molecule has 1 aliphatic heterocycles. The Morgan fingerprint density at radius 3 is 2.52 bits per heavy atom. The highest BCUT2D eigenvalue weighted by Gasteiger charge is 2.40. The Morgan fingerprint density at radius 1 is 0.952 bits per heavy atom. The summed E-state index contributed by atoms with van der Waals surface area (Å²) in [6.07, 6.45) is 10.6. The van der Waals surface area contributed by atoms with E-state index in [1.807, 2.05) is 30.3 Å². The number of imide groups is 1. The third kappa shape index (κ3) is 2.82. The zero-order valence-corrected chi connectivity index (χ0v) is 12.0. The average Bonchev–Trinajstić information content (AvgIpc) is 2.75. The molecule has 21 heavy (non-hydrogen) atoms. The smallest absolute Gasteiger partial charge is 0.241 e. The predicted molar refractivity (Wildman–Crippen MR) is 82.7 cm³/mol. The first-order valence-corrected chi connectivity index (χ1v) is 7.53. The van der Waals surface area contributed by atoms with Crippen LogP contribution in [0.25, 0.3) is 0 Å². The Hall–Kier alpha value is -2.16. The first-order chi connectivity index (χ1) is 10.3. The van der Waals surface area contributed by atoms with Crippen molar-refractivity contribution in [1.29, 1.82) is 0 Å². The molecule has 0 saturated carbocycles. The molecule has 0 spiro atoms. The molecule has 0 radical (unpaired) electrons. The molecule has 3 nitrogen and oxygen atoms in total. The van der Waals surface area contributed by atoms with Gasteiger partial charge in [-0.1, -0.05) is 42.0 Å². The second kappa shape index (κ2) is 6.08. The highest BCUT2D eigenvalue weighted by molar-refractivity contribution is 6.21. The molecule has 1 aromatic rings. The number of hydrogen-bond acceptors (Lipinski definition) is 2. The number of nitrogens with zero attached hydrogens (tertiary/aromatic N) is 1. The molecule has 1 fully saturated rings. The van der Waals surface area contributed by atoms with Crippen molar-refractivity contribution in [3.63, 3.8) is 0 Å². The quantitative estimate of drug-likeness (QED) is 0.613. The minimum atomic E-state index is -0.260. The largest absolute Gasteiger partial charge is 0.274 e. The van der Waals surface area contributed by atoms with Gasteiger partial charge in [0, 0.05) is 6.42 Å². The molecule has 1 saturated heterocycles. The van der Waals surface area contributed by atoms with Crippen molar-refractivity contribution >= 4 is 17.5 Å². The van der Waals surface area contributed by atoms with E-state index in [-0.39, 0.29) is 17.7 Å². The summed E-state index contributed by atoms with van der Waals surface area (Å²) in [5.74, 6) is -0.416. The Morgan fingerprint density at radius 2 is 1.71 bits per heavy atom. The van der Waals surface area contributed by atoms with E-state index in [9.17, 15) is 9.59 Å². The monoisotopic (exact) mass is 281 g/mol. The number of amides is 2. The fraction of sp³-hybridized carbons (Fsp3) is 0.333. The second-order valence-corrected chi connectivity index (χ2v) is 5.53. The van der Waals surface area contributed by atoms with E-state index in [1.165, 1.54) is 4.90 Å². The predicted octanol–water partition coefficient (Wildman–Crippen LogP) is 3.62. The van der Waals surface area contributed by atoms with Gasteiger partial charge in [0.25, 0.3) is 0 Å². The fourth-order valence-corrected chi connectivity index (χ4v) is 3.04. The Labute approximate surface area is 125 Å². The van der Waals surface area contributed by atoms with Gasteiger partial charge in [-0.2, -0.15) is 0 Å². The van der Waals surface area contributed by atoms with Gasteiger partial charge in [0.2, 0.25) is 11.8 Å². The van der Waals surface area contributed by atoms with E-state index < -0.39 is 0 Å². The number of rotatable bonds is 2. The number of para-hydroxylation sites is 1. The van der Waals surface area contributed by atoms with Crippen LogP contribution < -0.4 is 4.90 Å². The summed E-state index contributed by atoms with van der Waals surface area (Å²) >= 11 is 0. The van der Waals surface area contributed by atoms with Crippen LogP contribution in [0.2, 0.25) is 0 Å². The summed E-state index contributed by atoms with van der Waals surface area (Å²) in [6, 6.07) is 9.21. The number of carbonyl (C=O) groups is 2. The van der Waals surface area contributed by atoms with Crippen LogP contribution in [0.4, 0.5) is 5.69 Å². The second-order valence-electron chi connectivity index (χ2n) is 5.53. The number of hydrogen-bond donors (Lipinski definition) is 0. The zero-order valence-electron chi connectivity index (χ0n) is 12.0. The number of allylic oxidation sites excluding steroid dienone is 3. The lowest BCUT2D eigenvalue weighted by Crippen LogP contribution is -2.30. The van der Waals surface area contributed by atoms with Crippen molar-refractivity contribution in [2.75, 3.05) is 4.90 Å². The third-order valence-electron chi connectivity index (χ3n) is 4.11. The molecule has 2 amide bonds. The lowest BCUT2D eigenvalue weighted by atomic mass is 9.91. The highest BCUT2D eigenvalue weighted by atomic mass is 16.2. The number of benzene rings is 1. The molecule has 3 rings (SSSR count). The van der Waals surface area contributed by atoms with Crippen molar-refractivity contribution < 1.29 is 9.59 Å². The summed E-state index contributed by atoms with van der Waals surface area (Å²) in [5.41, 5.74) is 1.82. The molecular formula is C18H19NO2. The standard InChI is InChI=1S/C18H19NO2/c20-17-13-16(14-9-5-2-1-3-6-10-14)18(21)19(17)15-11-7-4-8-12-15/h1-2,4,7-8,10-12,16H,3,5-6,9,13H2/b2-1-,14-10+. The van der Waals surface area contributed by atoms with Gasteiger partial charge in [-0.15, -0.1) is 0 Å². The van der Waals surface area contributed by atoms with Crippen molar-refractivity contribution in [2.24, 2.45) is 5.92 Å². The van der Waals surface area contributed by atoms with Crippen LogP contribution >= 0.6 is 0 Å². The molecule has 3 heteroatoms. The minimum Gasteiger partial charge on any atom is -0.274 e. The maximum atomic E-state index is 12.7. The van der Waals surface area contributed by atoms with Crippen LogP contribution in [0.15, 0.2) is 54.1 Å². The molecule has 1 aromatic carbocycles. The maximum Gasteiger partial charge on any atom is 0.241 e. The van der Waals surface area contributed by atoms with Crippen LogP contribution in [-0.2, 0) is 9.59 Å². The molecular weight excluding hydrogens is 262 g/mol. The van der Waals surface area contributed by atoms with E-state index in [4.69, 9.17) is 0 Å². The van der Waals surface area contributed by atoms with Crippen LogP contribution in [-0.4, -0.2) is 11.8 Å². The Bertz CT molecular complexity index is 601. The third-order valence-corrected chi connectivity index (χ3v) is 4.11. The number of anilines is 1. The summed E-state index contributed by atoms with van der Waals surface area (Å²) in [7, 11) is 0. The van der Waals surface area contributed by atoms with Crippen LogP contribution in [0.5, 0.6) is 0 Å². The van der Waals surface area contributed by atoms with Gasteiger partial charge in [0.15, 0.2) is 0 Å². The molecule has 1 heterocycles. The Balaban J connectivity index is 1.83. The minimum absolute atomic E-state index is 0.0676. The van der Waals surface area contributed by atoms with E-state index in [0.717, 1.165) is 31.3 Å². The van der Waals surface area contributed by atoms with E-state index >= 15 is 0 Å². The van der Waals surface area contributed by atoms with Gasteiger partial charge in [-0.25, -0.2) is 0 Å². The van der Waals surface area contributed by atoms with Crippen LogP contribution in [0.1, 0.15) is 32.1 Å². The van der Waals surface area contributed by atoms with Gasteiger partial charge in [0.1, 0.15) is 0 Å². The lowest BCUT2D eigenvalue weighted by molar-refractivity contribution is -0.121. The van der Waals surface area contributed by atoms with Crippen molar-refractivity contribution in [1.82, 2.24) is 0 Å². The van der Waals surface area contributed by atoms with Crippen molar-refractivity contribution in [2.45, 2.75) is 32.1 Å². The lowest BCUT2D eigenvalue weighted by Gasteiger charge is -2.17. The fourth-order valence-electron chi connectivity index (χ4n) is 3.04. The van der Waals surface area contributed by atoms with Gasteiger partial charge < -0.3 is 0 Å². The summed E-state index contributed by atoms with van der Waals surface area (Å²) < 4.78 is 0. The van der Waals surface area contributed by atoms with E-state index in [0.29, 0.717) is 12.1 Å². The molecule has 108 valence electrons. The number of carbonyl (C=O) groups excluding carboxylic acids is 2. The summed E-state index contributed by atoms with van der Waals surface area (Å²) in [6.45, 7) is 0. The molecule has 0 N–H and O–H groups in total. The summed E-state index contributed by atoms with van der Waals surface area (Å²) in [4.78, 5) is 26.3. The van der Waals surface area contributed by atoms with Crippen molar-refractivity contribution in [3.05, 3.63) is 54.1 Å². The van der Waals surface area contributed by atoms with Crippen molar-refractivity contribution in [3.8, 4) is 0 Å². The Kier molecular flexibility index (Phi) is 4.00. The van der Waals surface area contributed by atoms with Gasteiger partial charge >= 0.3 is 0 Å². The maximum absolute atomic E-state index is 12.7. The van der Waals surface area contributed by atoms with Gasteiger partial charge in [-0.05, 0) is 37.8 Å². The topological polar surface area (TPSA) is 37.4 Å². The van der Waals surface area contributed by atoms with Gasteiger partial charge in [0.05, 0.1) is 11.6 Å². The highest BCUT2D eigenvalue weighted by Crippen LogP contribution is 2.33. The van der Waals surface area contributed by atoms with Gasteiger partial charge in [-0.3, -0.25) is 14.5 Å². The molecule has 2 aliphatic rings. The molecule has 0 bridgehead atoms. The van der Waals surface area contributed by atoms with Crippen LogP contribution in [0, 0.1) is 5.92 Å². The zero-order chi connectivity index (χ0) is 14.7. The van der Waals surface area contributed by atoms with Crippen LogP contribution in [0.3, 0.4) is 0 Å². The molecule has 0 aromatic heterocycles. The summed E-state index contributed by atoms with van der Waals surface area (Å²) in [5, 5.41) is 0. The first kappa shape index (κ1) is 13.8. The molecule has 1 atom stereocenters. The van der Waals surface area contributed by atoms with E-state index in [1.54, 1.807) is 0 Å². The SMILES string of the molecule is O=C1CC(/C2=C/CC/C=C\CC2)C(=O)N1c1ccccc1. The normalized spacial score (nSPS) is 27.0. The first-order valence-electron chi connectivity index (χ1n) is 7.53. The average molecular weight is 281 g/mol.